The van der Waals surface area contributed by atoms with Crippen molar-refractivity contribution < 1.29 is 23.1 Å². The first-order valence-electron chi connectivity index (χ1n) is 18.0. The number of cyclic esters (lactones) is 1. The summed E-state index contributed by atoms with van der Waals surface area (Å²) >= 11 is 0. The maximum atomic E-state index is 14.9. The number of hydrogen-bond acceptors (Lipinski definition) is 9. The lowest BCUT2D eigenvalue weighted by atomic mass is 9.89. The van der Waals surface area contributed by atoms with E-state index in [0.29, 0.717) is 47.8 Å². The van der Waals surface area contributed by atoms with Gasteiger partial charge in [0.1, 0.15) is 11.5 Å². The number of amides is 2. The Morgan fingerprint density at radius 2 is 1.64 bits per heavy atom. The highest BCUT2D eigenvalue weighted by atomic mass is 19.1. The molecule has 2 amide bonds. The van der Waals surface area contributed by atoms with Crippen LogP contribution in [0.1, 0.15) is 57.8 Å². The minimum absolute atomic E-state index is 0.0242. The Morgan fingerprint density at radius 1 is 0.880 bits per heavy atom. The molecular weight excluding hydrogens is 642 g/mol. The van der Waals surface area contributed by atoms with Gasteiger partial charge in [0.15, 0.2) is 5.82 Å². The highest BCUT2D eigenvalue weighted by molar-refractivity contribution is 5.89. The van der Waals surface area contributed by atoms with Crippen LogP contribution < -0.4 is 26.2 Å². The quantitative estimate of drug-likeness (QED) is 0.260. The summed E-state index contributed by atoms with van der Waals surface area (Å²) < 4.78 is 34.5. The van der Waals surface area contributed by atoms with E-state index < -0.39 is 11.9 Å². The van der Waals surface area contributed by atoms with Crippen molar-refractivity contribution in [1.82, 2.24) is 20.2 Å². The molecule has 2 aromatic carbocycles. The van der Waals surface area contributed by atoms with Gasteiger partial charge in [0, 0.05) is 60.6 Å². The van der Waals surface area contributed by atoms with Gasteiger partial charge in [-0.2, -0.15) is 0 Å². The first kappa shape index (κ1) is 34.0. The fraction of sp³-hybridized carbons (Fsp3) is 0.514. The molecule has 266 valence electrons. The zero-order valence-corrected chi connectivity index (χ0v) is 28.3. The van der Waals surface area contributed by atoms with Crippen LogP contribution in [0.15, 0.2) is 48.7 Å². The van der Waals surface area contributed by atoms with Crippen LogP contribution in [-0.4, -0.2) is 84.3 Å². The number of nitrogens with one attached hydrogen (secondary N) is 2. The highest BCUT2D eigenvalue weighted by Gasteiger charge is 2.33. The Balaban J connectivity index is 0.850. The minimum atomic E-state index is -0.539. The number of nitrogens with two attached hydrogens (primary N) is 1. The normalized spacial score (nSPS) is 22.6. The van der Waals surface area contributed by atoms with E-state index in [1.807, 2.05) is 0 Å². The first-order chi connectivity index (χ1) is 24.3. The van der Waals surface area contributed by atoms with Crippen LogP contribution in [0.2, 0.25) is 0 Å². The maximum Gasteiger partial charge on any atom is 0.414 e. The predicted molar refractivity (Wildman–Crippen MR) is 189 cm³/mol. The summed E-state index contributed by atoms with van der Waals surface area (Å²) in [6, 6.07) is 12.7. The summed E-state index contributed by atoms with van der Waals surface area (Å²) in [4.78, 5) is 40.3. The Labute approximate surface area is 291 Å². The van der Waals surface area contributed by atoms with Crippen molar-refractivity contribution in [2.45, 2.75) is 75.9 Å². The van der Waals surface area contributed by atoms with Crippen molar-refractivity contribution in [2.24, 2.45) is 5.92 Å². The third-order valence-electron chi connectivity index (χ3n) is 10.7. The van der Waals surface area contributed by atoms with Crippen LogP contribution in [0, 0.1) is 17.6 Å². The molecule has 0 spiro atoms. The summed E-state index contributed by atoms with van der Waals surface area (Å²) in [5.74, 6) is -0.273. The molecule has 4 N–H and O–H groups in total. The molecular formula is C37H46F2N8O3. The van der Waals surface area contributed by atoms with Gasteiger partial charge >= 0.3 is 6.09 Å². The van der Waals surface area contributed by atoms with Gasteiger partial charge in [0.2, 0.25) is 11.9 Å². The second-order valence-electron chi connectivity index (χ2n) is 14.0. The summed E-state index contributed by atoms with van der Waals surface area (Å²) in [6.07, 6.45) is 8.53. The Morgan fingerprint density at radius 3 is 2.38 bits per heavy atom. The summed E-state index contributed by atoms with van der Waals surface area (Å²) in [7, 11) is 0. The van der Waals surface area contributed by atoms with E-state index in [9.17, 15) is 18.4 Å². The average Bonchev–Trinajstić information content (AvgIpc) is 3.14. The SMILES string of the molecule is Nc1ccc(N2CCC(N3CCC(C(=O)NC4CCC(Nc5ncc(F)c(-c6cccc(N7CCCOC7=O)c6)n5)CC4)CC3)CC2)c(F)c1. The second kappa shape index (κ2) is 15.2. The average molecular weight is 689 g/mol. The van der Waals surface area contributed by atoms with Crippen molar-refractivity contribution >= 4 is 35.0 Å². The molecule has 0 atom stereocenters. The van der Waals surface area contributed by atoms with Crippen molar-refractivity contribution in [3.05, 3.63) is 60.3 Å². The van der Waals surface area contributed by atoms with Gasteiger partial charge in [-0.1, -0.05) is 12.1 Å². The van der Waals surface area contributed by atoms with Crippen LogP contribution >= 0.6 is 0 Å². The van der Waals surface area contributed by atoms with Gasteiger partial charge in [-0.25, -0.2) is 23.5 Å². The zero-order valence-electron chi connectivity index (χ0n) is 28.3. The number of piperidine rings is 2. The number of benzene rings is 2. The predicted octanol–water partition coefficient (Wildman–Crippen LogP) is 5.57. The molecule has 4 fully saturated rings. The van der Waals surface area contributed by atoms with Gasteiger partial charge in [-0.05, 0) is 101 Å². The number of hydrogen-bond donors (Lipinski definition) is 3. The van der Waals surface area contributed by atoms with Gasteiger partial charge in [-0.3, -0.25) is 9.69 Å². The lowest BCUT2D eigenvalue weighted by Crippen LogP contribution is -2.50. The number of ether oxygens (including phenoxy) is 1. The van der Waals surface area contributed by atoms with Crippen LogP contribution in [0.4, 0.5) is 36.6 Å². The molecule has 0 unspecified atom stereocenters. The highest BCUT2D eigenvalue weighted by Crippen LogP contribution is 2.31. The number of aromatic nitrogens is 2. The molecule has 13 heteroatoms. The van der Waals surface area contributed by atoms with E-state index in [1.165, 1.54) is 12.3 Å². The summed E-state index contributed by atoms with van der Waals surface area (Å²) in [5, 5.41) is 6.70. The number of nitrogens with zero attached hydrogens (tertiary/aromatic N) is 5. The van der Waals surface area contributed by atoms with Gasteiger partial charge in [0.25, 0.3) is 0 Å². The van der Waals surface area contributed by atoms with Crippen LogP contribution in [0.25, 0.3) is 11.3 Å². The van der Waals surface area contributed by atoms with Gasteiger partial charge < -0.3 is 30.9 Å². The Bertz CT molecular complexity index is 1670. The van der Waals surface area contributed by atoms with E-state index >= 15 is 0 Å². The van der Waals surface area contributed by atoms with Crippen LogP contribution in [0.5, 0.6) is 0 Å². The zero-order chi connectivity index (χ0) is 34.6. The maximum absolute atomic E-state index is 14.9. The van der Waals surface area contributed by atoms with Crippen molar-refractivity contribution in [3.63, 3.8) is 0 Å². The van der Waals surface area contributed by atoms with E-state index in [4.69, 9.17) is 10.5 Å². The number of nitrogen functional groups attached to an aromatic ring is 1. The minimum Gasteiger partial charge on any atom is -0.449 e. The topological polar surface area (TPSA) is 129 Å². The lowest BCUT2D eigenvalue weighted by molar-refractivity contribution is -0.127. The molecule has 4 aliphatic rings. The third-order valence-corrected chi connectivity index (χ3v) is 10.7. The van der Waals surface area contributed by atoms with Gasteiger partial charge in [0.05, 0.1) is 18.5 Å². The van der Waals surface area contributed by atoms with Crippen molar-refractivity contribution in [1.29, 1.82) is 0 Å². The number of halogens is 2. The fourth-order valence-electron chi connectivity index (χ4n) is 7.91. The summed E-state index contributed by atoms with van der Waals surface area (Å²) in [5.41, 5.74) is 8.14. The molecule has 0 radical (unpaired) electrons. The fourth-order valence-corrected chi connectivity index (χ4v) is 7.91. The molecule has 3 aliphatic heterocycles. The Hall–Kier alpha value is -4.52. The van der Waals surface area contributed by atoms with Crippen LogP contribution in [-0.2, 0) is 9.53 Å². The van der Waals surface area contributed by atoms with E-state index in [0.717, 1.165) is 84.0 Å². The third kappa shape index (κ3) is 7.77. The molecule has 7 rings (SSSR count). The summed E-state index contributed by atoms with van der Waals surface area (Å²) in [6.45, 7) is 4.38. The molecule has 0 bridgehead atoms. The van der Waals surface area contributed by atoms with Crippen molar-refractivity contribution in [2.75, 3.05) is 60.2 Å². The number of likely N-dealkylation sites (tertiary alicyclic amines) is 1. The molecule has 1 aromatic heterocycles. The molecule has 11 nitrogen and oxygen atoms in total. The van der Waals surface area contributed by atoms with Crippen LogP contribution in [0.3, 0.4) is 0 Å². The van der Waals surface area contributed by atoms with E-state index in [2.05, 4.69) is 30.4 Å². The lowest BCUT2D eigenvalue weighted by Gasteiger charge is -2.42. The van der Waals surface area contributed by atoms with Gasteiger partial charge in [-0.15, -0.1) is 0 Å². The monoisotopic (exact) mass is 688 g/mol. The molecule has 1 saturated carbocycles. The number of rotatable bonds is 8. The molecule has 3 saturated heterocycles. The first-order valence-corrected chi connectivity index (χ1v) is 18.0. The molecule has 4 heterocycles. The van der Waals surface area contributed by atoms with Crippen molar-refractivity contribution in [3.8, 4) is 11.3 Å². The van der Waals surface area contributed by atoms with E-state index in [-0.39, 0.29) is 35.4 Å². The number of anilines is 4. The second-order valence-corrected chi connectivity index (χ2v) is 14.0. The largest absolute Gasteiger partial charge is 0.449 e. The molecule has 3 aromatic rings. The molecule has 1 aliphatic carbocycles. The Kier molecular flexibility index (Phi) is 10.3. The smallest absolute Gasteiger partial charge is 0.414 e. The van der Waals surface area contributed by atoms with E-state index in [1.54, 1.807) is 41.3 Å². The molecule has 50 heavy (non-hydrogen) atoms. The number of carbonyl (C=O) groups is 2. The standard InChI is InChI=1S/C37H46F2N8O3/c38-31-22-26(40)5-10-33(31)46-18-13-29(14-19-46)45-16-11-24(12-17-45)35(48)42-27-6-8-28(9-7-27)43-36-41-23-32(39)34(44-36)25-3-1-4-30(21-25)47-15-2-20-50-37(47)49/h1,3-5,10,21-24,27-29H,2,6-9,11-20,40H2,(H,42,48)(H,41,43,44). The number of carbonyl (C=O) groups excluding carboxylic acids is 2.